The van der Waals surface area contributed by atoms with Gasteiger partial charge in [-0.15, -0.1) is 0 Å². The van der Waals surface area contributed by atoms with Gasteiger partial charge in [-0.05, 0) is 48.2 Å². The number of benzene rings is 2. The fraction of sp³-hybridized carbons (Fsp3) is 0.238. The Hall–Kier alpha value is -2.59. The van der Waals surface area contributed by atoms with Crippen molar-refractivity contribution in [1.29, 1.82) is 0 Å². The van der Waals surface area contributed by atoms with Gasteiger partial charge in [0.15, 0.2) is 5.78 Å². The lowest BCUT2D eigenvalue weighted by Gasteiger charge is -2.19. The highest BCUT2D eigenvalue weighted by Gasteiger charge is 2.32. The fourth-order valence-corrected chi connectivity index (χ4v) is 3.45. The van der Waals surface area contributed by atoms with Crippen LogP contribution in [0.5, 0.6) is 5.75 Å². The van der Waals surface area contributed by atoms with E-state index in [2.05, 4.69) is 4.98 Å². The molecular weight excluding hydrogens is 348 g/mol. The van der Waals surface area contributed by atoms with Crippen LogP contribution in [0.1, 0.15) is 23.2 Å². The van der Waals surface area contributed by atoms with Crippen LogP contribution >= 0.6 is 11.6 Å². The van der Waals surface area contributed by atoms with Gasteiger partial charge in [-0.25, -0.2) is 0 Å². The number of halogens is 1. The zero-order chi connectivity index (χ0) is 18.4. The topological polar surface area (TPSA) is 53.4 Å². The van der Waals surface area contributed by atoms with Gasteiger partial charge in [-0.2, -0.15) is 0 Å². The molecule has 2 aromatic carbocycles. The molecule has 0 atom stereocenters. The van der Waals surface area contributed by atoms with Crippen molar-refractivity contribution in [2.75, 3.05) is 19.0 Å². The van der Waals surface area contributed by atoms with Gasteiger partial charge in [0, 0.05) is 31.6 Å². The first-order valence-corrected chi connectivity index (χ1v) is 8.96. The van der Waals surface area contributed by atoms with Crippen molar-refractivity contribution in [3.05, 3.63) is 53.2 Å². The van der Waals surface area contributed by atoms with Crippen LogP contribution in [0.15, 0.2) is 42.6 Å². The highest BCUT2D eigenvalue weighted by molar-refractivity contribution is 6.32. The highest BCUT2D eigenvalue weighted by atomic mass is 35.5. The van der Waals surface area contributed by atoms with Crippen molar-refractivity contribution in [3.63, 3.8) is 0 Å². The van der Waals surface area contributed by atoms with Gasteiger partial charge in [0.1, 0.15) is 5.75 Å². The number of nitrogens with zero attached hydrogens (tertiary/aromatic N) is 2. The number of phenolic OH excluding ortho intramolecular Hbond substituents is 1. The van der Waals surface area contributed by atoms with E-state index < -0.39 is 0 Å². The number of aromatic nitrogens is 1. The van der Waals surface area contributed by atoms with Gasteiger partial charge >= 0.3 is 0 Å². The number of rotatable bonds is 4. The maximum Gasteiger partial charge on any atom is 0.169 e. The molecule has 0 aliphatic heterocycles. The monoisotopic (exact) mass is 366 g/mol. The van der Waals surface area contributed by atoms with Gasteiger partial charge in [0.2, 0.25) is 0 Å². The second-order valence-corrected chi connectivity index (χ2v) is 7.36. The van der Waals surface area contributed by atoms with E-state index in [0.29, 0.717) is 10.6 Å². The second-order valence-electron chi connectivity index (χ2n) is 6.95. The molecule has 5 heteroatoms. The van der Waals surface area contributed by atoms with Gasteiger partial charge in [-0.3, -0.25) is 9.78 Å². The number of anilines is 1. The van der Waals surface area contributed by atoms with E-state index in [1.807, 2.05) is 43.3 Å². The SMILES string of the molecule is CN(C)c1c(C(=O)C2CC2)cnc2ccc(-c3ccc(O)c(Cl)c3)cc12. The first-order chi connectivity index (χ1) is 12.5. The molecule has 1 fully saturated rings. The van der Waals surface area contributed by atoms with E-state index in [1.54, 1.807) is 18.3 Å². The van der Waals surface area contributed by atoms with Gasteiger partial charge in [-0.1, -0.05) is 23.7 Å². The molecule has 0 spiro atoms. The lowest BCUT2D eigenvalue weighted by Crippen LogP contribution is -2.16. The maximum atomic E-state index is 12.7. The third-order valence-corrected chi connectivity index (χ3v) is 5.08. The number of hydrogen-bond acceptors (Lipinski definition) is 4. The standard InChI is InChI=1S/C21H19ClN2O2/c1-24(2)20-15-9-13(14-6-8-19(25)17(22)10-14)5-7-18(15)23-11-16(20)21(26)12-3-4-12/h5-12,25H,3-4H2,1-2H3. The summed E-state index contributed by atoms with van der Waals surface area (Å²) in [7, 11) is 3.89. The highest BCUT2D eigenvalue weighted by Crippen LogP contribution is 2.38. The molecule has 0 unspecified atom stereocenters. The van der Waals surface area contributed by atoms with E-state index >= 15 is 0 Å². The summed E-state index contributed by atoms with van der Waals surface area (Å²) < 4.78 is 0. The van der Waals surface area contributed by atoms with E-state index in [9.17, 15) is 9.90 Å². The molecule has 1 aromatic heterocycles. The Labute approximate surface area is 157 Å². The molecule has 0 amide bonds. The summed E-state index contributed by atoms with van der Waals surface area (Å²) in [6.45, 7) is 0. The molecule has 4 nitrogen and oxygen atoms in total. The molecule has 1 aliphatic carbocycles. The lowest BCUT2D eigenvalue weighted by atomic mass is 9.98. The predicted molar refractivity (Wildman–Crippen MR) is 105 cm³/mol. The third kappa shape index (κ3) is 2.90. The number of fused-ring (bicyclic) bond motifs is 1. The summed E-state index contributed by atoms with van der Waals surface area (Å²) in [6.07, 6.45) is 3.64. The molecule has 3 aromatic rings. The summed E-state index contributed by atoms with van der Waals surface area (Å²) in [5.74, 6) is 0.386. The number of pyridine rings is 1. The lowest BCUT2D eigenvalue weighted by molar-refractivity contribution is 0.0968. The van der Waals surface area contributed by atoms with Crippen LogP contribution in [-0.4, -0.2) is 30.0 Å². The van der Waals surface area contributed by atoms with Crippen LogP contribution in [0.3, 0.4) is 0 Å². The van der Waals surface area contributed by atoms with Crippen LogP contribution in [0.25, 0.3) is 22.0 Å². The summed E-state index contributed by atoms with van der Waals surface area (Å²) in [5, 5.41) is 10.9. The summed E-state index contributed by atoms with van der Waals surface area (Å²) in [4.78, 5) is 19.2. The quantitative estimate of drug-likeness (QED) is 0.666. The normalized spacial score (nSPS) is 13.8. The van der Waals surface area contributed by atoms with Gasteiger partial charge < -0.3 is 10.0 Å². The Balaban J connectivity index is 1.91. The number of Topliss-reactive ketones (excluding diaryl/α,β-unsaturated/α-hetero) is 1. The molecule has 132 valence electrons. The Bertz CT molecular complexity index is 1030. The number of phenols is 1. The Morgan fingerprint density at radius 3 is 2.50 bits per heavy atom. The number of aromatic hydroxyl groups is 1. The zero-order valence-electron chi connectivity index (χ0n) is 14.7. The number of carbonyl (C=O) groups is 1. The van der Waals surface area contributed by atoms with Gasteiger partial charge in [0.05, 0.1) is 21.8 Å². The molecule has 1 saturated carbocycles. The average molecular weight is 367 g/mol. The van der Waals surface area contributed by atoms with Crippen molar-refractivity contribution in [1.82, 2.24) is 4.98 Å². The predicted octanol–water partition coefficient (Wildman–Crippen LogP) is 4.92. The molecular formula is C21H19ClN2O2. The van der Waals surface area contributed by atoms with Crippen molar-refractivity contribution in [2.24, 2.45) is 5.92 Å². The van der Waals surface area contributed by atoms with Crippen LogP contribution in [0.2, 0.25) is 5.02 Å². The summed E-state index contributed by atoms with van der Waals surface area (Å²) >= 11 is 6.06. The molecule has 1 aliphatic rings. The molecule has 4 rings (SSSR count). The molecule has 0 saturated heterocycles. The molecule has 1 N–H and O–H groups in total. The minimum Gasteiger partial charge on any atom is -0.506 e. The summed E-state index contributed by atoms with van der Waals surface area (Å²) in [5.41, 5.74) is 4.29. The third-order valence-electron chi connectivity index (χ3n) is 4.78. The largest absolute Gasteiger partial charge is 0.506 e. The second kappa shape index (κ2) is 6.29. The van der Waals surface area contributed by atoms with Crippen LogP contribution in [-0.2, 0) is 0 Å². The maximum absolute atomic E-state index is 12.7. The Morgan fingerprint density at radius 1 is 1.15 bits per heavy atom. The number of ketones is 1. The van der Waals surface area contributed by atoms with E-state index in [4.69, 9.17) is 11.6 Å². The minimum atomic E-state index is 0.0594. The van der Waals surface area contributed by atoms with Crippen molar-refractivity contribution < 1.29 is 9.90 Å². The molecule has 0 bridgehead atoms. The van der Waals surface area contributed by atoms with E-state index in [0.717, 1.165) is 40.6 Å². The smallest absolute Gasteiger partial charge is 0.169 e. The van der Waals surface area contributed by atoms with Gasteiger partial charge in [0.25, 0.3) is 0 Å². The van der Waals surface area contributed by atoms with Crippen LogP contribution in [0.4, 0.5) is 5.69 Å². The van der Waals surface area contributed by atoms with Crippen molar-refractivity contribution in [2.45, 2.75) is 12.8 Å². The van der Waals surface area contributed by atoms with Crippen molar-refractivity contribution >= 4 is 34.0 Å². The van der Waals surface area contributed by atoms with Crippen LogP contribution < -0.4 is 4.90 Å². The molecule has 0 radical (unpaired) electrons. The first-order valence-electron chi connectivity index (χ1n) is 8.59. The van der Waals surface area contributed by atoms with Crippen LogP contribution in [0, 0.1) is 5.92 Å². The van der Waals surface area contributed by atoms with E-state index in [-0.39, 0.29) is 17.5 Å². The molecule has 26 heavy (non-hydrogen) atoms. The number of hydrogen-bond donors (Lipinski definition) is 1. The molecule has 1 heterocycles. The van der Waals surface area contributed by atoms with Crippen molar-refractivity contribution in [3.8, 4) is 16.9 Å². The zero-order valence-corrected chi connectivity index (χ0v) is 15.4. The Kier molecular flexibility index (Phi) is 4.08. The first kappa shape index (κ1) is 16.9. The number of carbonyl (C=O) groups excluding carboxylic acids is 1. The average Bonchev–Trinajstić information content (AvgIpc) is 3.47. The Morgan fingerprint density at radius 2 is 1.85 bits per heavy atom. The fourth-order valence-electron chi connectivity index (χ4n) is 3.27. The van der Waals surface area contributed by atoms with E-state index in [1.165, 1.54) is 0 Å². The minimum absolute atomic E-state index is 0.0594. The summed E-state index contributed by atoms with van der Waals surface area (Å²) in [6, 6.07) is 11.1.